The summed E-state index contributed by atoms with van der Waals surface area (Å²) in [7, 11) is 0. The number of hydrogen-bond donors (Lipinski definition) is 2. The van der Waals surface area contributed by atoms with Gasteiger partial charge < -0.3 is 16.0 Å². The van der Waals surface area contributed by atoms with Crippen LogP contribution in [0.5, 0.6) is 0 Å². The van der Waals surface area contributed by atoms with Crippen LogP contribution in [0.1, 0.15) is 38.2 Å². The quantitative estimate of drug-likeness (QED) is 0.833. The van der Waals surface area contributed by atoms with Crippen LogP contribution in [0.2, 0.25) is 0 Å². The molecule has 3 atom stereocenters. The number of rotatable bonds is 5. The predicted molar refractivity (Wildman–Crippen MR) is 104 cm³/mol. The van der Waals surface area contributed by atoms with Gasteiger partial charge in [-0.3, -0.25) is 4.79 Å². The molecule has 0 spiro atoms. The molecule has 1 heterocycles. The van der Waals surface area contributed by atoms with Crippen molar-refractivity contribution in [1.82, 2.24) is 5.32 Å². The summed E-state index contributed by atoms with van der Waals surface area (Å²) in [6.07, 6.45) is 5.03. The molecule has 0 radical (unpaired) electrons. The number of amides is 1. The Morgan fingerprint density at radius 1 is 1.29 bits per heavy atom. The van der Waals surface area contributed by atoms with E-state index in [4.69, 9.17) is 5.73 Å². The Kier molecular flexibility index (Phi) is 8.34. The van der Waals surface area contributed by atoms with E-state index in [-0.39, 0.29) is 36.8 Å². The zero-order valence-corrected chi connectivity index (χ0v) is 15.9. The van der Waals surface area contributed by atoms with Crippen molar-refractivity contribution in [2.75, 3.05) is 18.0 Å². The minimum Gasteiger partial charge on any atom is -0.367 e. The van der Waals surface area contributed by atoms with Gasteiger partial charge in [-0.15, -0.1) is 24.8 Å². The van der Waals surface area contributed by atoms with Crippen LogP contribution < -0.4 is 16.0 Å². The molecule has 3 N–H and O–H groups in total. The second kappa shape index (κ2) is 9.50. The molecule has 4 nitrogen and oxygen atoms in total. The van der Waals surface area contributed by atoms with Crippen molar-refractivity contribution in [1.29, 1.82) is 0 Å². The fourth-order valence-corrected chi connectivity index (χ4v) is 3.92. The molecule has 0 bridgehead atoms. The second-order valence-corrected chi connectivity index (χ2v) is 6.78. The molecule has 1 aromatic rings. The fourth-order valence-electron chi connectivity index (χ4n) is 3.92. The summed E-state index contributed by atoms with van der Waals surface area (Å²) in [5.41, 5.74) is 8.77. The van der Waals surface area contributed by atoms with Gasteiger partial charge in [0.25, 0.3) is 0 Å². The van der Waals surface area contributed by atoms with E-state index in [2.05, 4.69) is 41.4 Å². The topological polar surface area (TPSA) is 58.4 Å². The van der Waals surface area contributed by atoms with E-state index < -0.39 is 0 Å². The van der Waals surface area contributed by atoms with Gasteiger partial charge in [0.1, 0.15) is 0 Å². The standard InChI is InChI=1S/C18H27N3O.2ClH/c1-13-11-15-5-2-3-8-17(15)21(13)10-9-20-18(22)12-14-6-4-7-16(14)19;;/h2-3,5,8,13-14,16H,4,6-7,9-12,19H2,1H3,(H,20,22);2*1H/t13?,14-,16+;;/m0../s1. The molecular weight excluding hydrogens is 345 g/mol. The van der Waals surface area contributed by atoms with Gasteiger partial charge in [0.05, 0.1) is 0 Å². The van der Waals surface area contributed by atoms with Crippen LogP contribution in [0.25, 0.3) is 0 Å². The summed E-state index contributed by atoms with van der Waals surface area (Å²) in [6, 6.07) is 9.30. The smallest absolute Gasteiger partial charge is 0.220 e. The normalized spacial score (nSPS) is 24.8. The molecule has 1 unspecified atom stereocenters. The SMILES string of the molecule is CC1Cc2ccccc2N1CCNC(=O)C[C@@H]1CCC[C@H]1N.Cl.Cl. The molecule has 0 aromatic heterocycles. The molecule has 1 amide bonds. The van der Waals surface area contributed by atoms with Gasteiger partial charge in [-0.1, -0.05) is 24.6 Å². The van der Waals surface area contributed by atoms with E-state index in [1.165, 1.54) is 17.7 Å². The van der Waals surface area contributed by atoms with Gasteiger partial charge >= 0.3 is 0 Å². The van der Waals surface area contributed by atoms with Gasteiger partial charge in [-0.05, 0) is 43.7 Å². The average Bonchev–Trinajstić information content (AvgIpc) is 3.03. The molecule has 0 saturated heterocycles. The molecule has 1 saturated carbocycles. The first-order chi connectivity index (χ1) is 10.6. The lowest BCUT2D eigenvalue weighted by Crippen LogP contribution is -2.39. The van der Waals surface area contributed by atoms with Crippen molar-refractivity contribution in [3.63, 3.8) is 0 Å². The molecule has 136 valence electrons. The molecule has 1 fully saturated rings. The highest BCUT2D eigenvalue weighted by atomic mass is 35.5. The maximum absolute atomic E-state index is 12.1. The Morgan fingerprint density at radius 3 is 2.75 bits per heavy atom. The number of anilines is 1. The summed E-state index contributed by atoms with van der Waals surface area (Å²) in [6.45, 7) is 3.83. The Morgan fingerprint density at radius 2 is 2.04 bits per heavy atom. The van der Waals surface area contributed by atoms with Crippen molar-refractivity contribution in [2.45, 2.75) is 51.1 Å². The summed E-state index contributed by atoms with van der Waals surface area (Å²) in [5.74, 6) is 0.536. The van der Waals surface area contributed by atoms with Crippen LogP contribution in [-0.4, -0.2) is 31.1 Å². The Balaban J connectivity index is 0.00000144. The van der Waals surface area contributed by atoms with Crippen LogP contribution in [0.3, 0.4) is 0 Å². The maximum atomic E-state index is 12.1. The lowest BCUT2D eigenvalue weighted by atomic mass is 10.00. The van der Waals surface area contributed by atoms with Crippen LogP contribution in [0, 0.1) is 5.92 Å². The maximum Gasteiger partial charge on any atom is 0.220 e. The number of carbonyl (C=O) groups is 1. The third-order valence-corrected chi connectivity index (χ3v) is 5.19. The third kappa shape index (κ3) is 4.78. The van der Waals surface area contributed by atoms with Crippen LogP contribution >= 0.6 is 24.8 Å². The van der Waals surface area contributed by atoms with Crippen LogP contribution in [0.4, 0.5) is 5.69 Å². The Labute approximate surface area is 157 Å². The molecule has 6 heteroatoms. The first-order valence-electron chi connectivity index (χ1n) is 8.52. The summed E-state index contributed by atoms with van der Waals surface area (Å²) in [5, 5.41) is 3.07. The molecule has 1 aliphatic heterocycles. The number of nitrogens with two attached hydrogens (primary N) is 1. The highest BCUT2D eigenvalue weighted by Crippen LogP contribution is 2.31. The molecule has 1 aromatic carbocycles. The van der Waals surface area contributed by atoms with Crippen molar-refractivity contribution in [3.05, 3.63) is 29.8 Å². The molecule has 3 rings (SSSR count). The third-order valence-electron chi connectivity index (χ3n) is 5.19. The van der Waals surface area contributed by atoms with Crippen molar-refractivity contribution < 1.29 is 4.79 Å². The van der Waals surface area contributed by atoms with E-state index in [1.54, 1.807) is 0 Å². The number of nitrogens with zero attached hydrogens (tertiary/aromatic N) is 1. The first kappa shape index (κ1) is 21.1. The summed E-state index contributed by atoms with van der Waals surface area (Å²) >= 11 is 0. The lowest BCUT2D eigenvalue weighted by molar-refractivity contribution is -0.122. The second-order valence-electron chi connectivity index (χ2n) is 6.78. The largest absolute Gasteiger partial charge is 0.367 e. The minimum atomic E-state index is 0. The first-order valence-corrected chi connectivity index (χ1v) is 8.52. The monoisotopic (exact) mass is 373 g/mol. The predicted octanol–water partition coefficient (Wildman–Crippen LogP) is 2.91. The van der Waals surface area contributed by atoms with Crippen molar-refractivity contribution in [2.24, 2.45) is 11.7 Å². The van der Waals surface area contributed by atoms with Crippen LogP contribution in [-0.2, 0) is 11.2 Å². The van der Waals surface area contributed by atoms with Crippen molar-refractivity contribution >= 4 is 36.4 Å². The molecule has 1 aliphatic carbocycles. The molecular formula is C18H29Cl2N3O. The zero-order valence-electron chi connectivity index (χ0n) is 14.2. The number of nitrogens with one attached hydrogen (secondary N) is 1. The fraction of sp³-hybridized carbons (Fsp3) is 0.611. The van der Waals surface area contributed by atoms with E-state index >= 15 is 0 Å². The lowest BCUT2D eigenvalue weighted by Gasteiger charge is -2.25. The summed E-state index contributed by atoms with van der Waals surface area (Å²) in [4.78, 5) is 14.5. The van der Waals surface area contributed by atoms with Crippen LogP contribution in [0.15, 0.2) is 24.3 Å². The van der Waals surface area contributed by atoms with E-state index in [1.807, 2.05) is 0 Å². The number of carbonyl (C=O) groups excluding carboxylic acids is 1. The number of fused-ring (bicyclic) bond motifs is 1. The minimum absolute atomic E-state index is 0. The van der Waals surface area contributed by atoms with Gasteiger partial charge in [-0.2, -0.15) is 0 Å². The van der Waals surface area contributed by atoms with Crippen molar-refractivity contribution in [3.8, 4) is 0 Å². The van der Waals surface area contributed by atoms with Gasteiger partial charge in [-0.25, -0.2) is 0 Å². The number of para-hydroxylation sites is 1. The molecule has 2 aliphatic rings. The van der Waals surface area contributed by atoms with Gasteiger partial charge in [0, 0.05) is 37.3 Å². The highest BCUT2D eigenvalue weighted by Gasteiger charge is 2.27. The number of hydrogen-bond acceptors (Lipinski definition) is 3. The van der Waals surface area contributed by atoms with E-state index in [0.29, 0.717) is 24.9 Å². The van der Waals surface area contributed by atoms with E-state index in [0.717, 1.165) is 25.8 Å². The number of halogens is 2. The number of benzene rings is 1. The average molecular weight is 374 g/mol. The Hall–Kier alpha value is -0.970. The highest BCUT2D eigenvalue weighted by molar-refractivity contribution is 5.85. The summed E-state index contributed by atoms with van der Waals surface area (Å²) < 4.78 is 0. The Bertz CT molecular complexity index is 541. The van der Waals surface area contributed by atoms with E-state index in [9.17, 15) is 4.79 Å². The molecule has 24 heavy (non-hydrogen) atoms. The van der Waals surface area contributed by atoms with Gasteiger partial charge in [0.15, 0.2) is 0 Å². The zero-order chi connectivity index (χ0) is 15.5. The van der Waals surface area contributed by atoms with Gasteiger partial charge in [0.2, 0.25) is 5.91 Å².